The molecule has 3 aliphatic heterocycles. The van der Waals surface area contributed by atoms with E-state index in [1.165, 1.54) is 43.8 Å². The van der Waals surface area contributed by atoms with Crippen LogP contribution >= 0.6 is 0 Å². The van der Waals surface area contributed by atoms with E-state index in [0.29, 0.717) is 0 Å². The summed E-state index contributed by atoms with van der Waals surface area (Å²) in [5.74, 6) is 0. The fourth-order valence-corrected chi connectivity index (χ4v) is 3.02. The number of quaternary nitrogens is 1. The van der Waals surface area contributed by atoms with Gasteiger partial charge in [-0.2, -0.15) is 0 Å². The summed E-state index contributed by atoms with van der Waals surface area (Å²) in [5.41, 5.74) is 0. The summed E-state index contributed by atoms with van der Waals surface area (Å²) in [5, 5.41) is 0. The van der Waals surface area contributed by atoms with Gasteiger partial charge in [-0.1, -0.05) is 0 Å². The summed E-state index contributed by atoms with van der Waals surface area (Å²) in [4.78, 5) is 5.29. The molecule has 0 aromatic rings. The average molecular weight is 281 g/mol. The third kappa shape index (κ3) is 0.981. The van der Waals surface area contributed by atoms with Crippen LogP contribution < -0.4 is 24.0 Å². The van der Waals surface area contributed by atoms with Gasteiger partial charge in [0.25, 0.3) is 0 Å². The van der Waals surface area contributed by atoms with E-state index in [0.717, 1.165) is 6.29 Å². The van der Waals surface area contributed by atoms with Gasteiger partial charge in [-0.25, -0.2) is 9.80 Å². The second-order valence-electron chi connectivity index (χ2n) is 4.34. The van der Waals surface area contributed by atoms with E-state index in [1.807, 2.05) is 0 Å². The van der Waals surface area contributed by atoms with Crippen LogP contribution in [0.15, 0.2) is 0 Å². The molecular weight excluding hydrogens is 265 g/mol. The predicted molar refractivity (Wildman–Crippen MR) is 42.9 cm³/mol. The van der Waals surface area contributed by atoms with Gasteiger partial charge in [0.1, 0.15) is 0 Å². The van der Waals surface area contributed by atoms with Crippen LogP contribution in [0.3, 0.4) is 0 Å². The van der Waals surface area contributed by atoms with E-state index in [-0.39, 0.29) is 24.0 Å². The van der Waals surface area contributed by atoms with Crippen LogP contribution in [-0.4, -0.2) is 66.9 Å². The van der Waals surface area contributed by atoms with E-state index in [1.54, 1.807) is 0 Å². The largest absolute Gasteiger partial charge is 1.00 e. The Labute approximate surface area is 90.9 Å². The molecule has 3 rings (SSSR count). The van der Waals surface area contributed by atoms with Crippen LogP contribution in [0.1, 0.15) is 0 Å². The Morgan fingerprint density at radius 3 is 2.00 bits per heavy atom. The molecule has 0 radical (unpaired) electrons. The summed E-state index contributed by atoms with van der Waals surface area (Å²) in [6.07, 6.45) is 0.773. The molecule has 70 valence electrons. The zero-order chi connectivity index (χ0) is 7.47. The lowest BCUT2D eigenvalue weighted by Gasteiger charge is -2.29. The van der Waals surface area contributed by atoms with Crippen molar-refractivity contribution in [1.29, 1.82) is 0 Å². The molecule has 0 saturated carbocycles. The van der Waals surface area contributed by atoms with E-state index in [2.05, 4.69) is 16.8 Å². The molecule has 3 saturated heterocycles. The summed E-state index contributed by atoms with van der Waals surface area (Å²) < 4.78 is 1.31. The second kappa shape index (κ2) is 2.80. The molecule has 0 atom stereocenters. The van der Waals surface area contributed by atoms with Crippen molar-refractivity contribution in [3.05, 3.63) is 0 Å². The first-order valence-electron chi connectivity index (χ1n) is 4.62. The molecule has 0 aliphatic carbocycles. The first kappa shape index (κ1) is 9.18. The molecule has 0 N–H and O–H groups in total. The Kier molecular flexibility index (Phi) is 2.14. The number of rotatable bonds is 0. The molecule has 3 fully saturated rings. The minimum absolute atomic E-state index is 0. The van der Waals surface area contributed by atoms with Gasteiger partial charge in [0.2, 0.25) is 6.29 Å². The van der Waals surface area contributed by atoms with Crippen LogP contribution in [0.25, 0.3) is 0 Å². The van der Waals surface area contributed by atoms with Gasteiger partial charge in [0.05, 0.1) is 33.2 Å². The SMILES string of the molecule is C[N+]12CCN3CCN(CC1)C32.[I-]. The highest BCUT2D eigenvalue weighted by Crippen LogP contribution is 2.33. The van der Waals surface area contributed by atoms with Crippen LogP contribution in [0, 0.1) is 0 Å². The van der Waals surface area contributed by atoms with Gasteiger partial charge in [-0.05, 0) is 0 Å². The normalized spacial score (nSPS) is 46.2. The van der Waals surface area contributed by atoms with Gasteiger partial charge >= 0.3 is 0 Å². The molecule has 0 aromatic carbocycles. The molecule has 0 spiro atoms. The molecule has 0 aromatic heterocycles. The molecule has 3 heterocycles. The predicted octanol–water partition coefficient (Wildman–Crippen LogP) is -3.63. The summed E-state index contributed by atoms with van der Waals surface area (Å²) >= 11 is 0. The molecular formula is C8H16IN3. The smallest absolute Gasteiger partial charge is 0.205 e. The molecule has 3 nitrogen and oxygen atoms in total. The average Bonchev–Trinajstić information content (AvgIpc) is 2.54. The fourth-order valence-electron chi connectivity index (χ4n) is 3.02. The van der Waals surface area contributed by atoms with Gasteiger partial charge in [0, 0.05) is 13.1 Å². The highest BCUT2D eigenvalue weighted by atomic mass is 127. The highest BCUT2D eigenvalue weighted by molar-refractivity contribution is 4.84. The lowest BCUT2D eigenvalue weighted by Crippen LogP contribution is -3.00. The van der Waals surface area contributed by atoms with Crippen LogP contribution in [0.4, 0.5) is 0 Å². The number of hydrogen-bond acceptors (Lipinski definition) is 2. The Morgan fingerprint density at radius 2 is 1.50 bits per heavy atom. The van der Waals surface area contributed by atoms with Crippen molar-refractivity contribution in [2.24, 2.45) is 0 Å². The lowest BCUT2D eigenvalue weighted by atomic mass is 10.5. The topological polar surface area (TPSA) is 6.48 Å². The minimum Gasteiger partial charge on any atom is -1.00 e. The highest BCUT2D eigenvalue weighted by Gasteiger charge is 2.54. The van der Waals surface area contributed by atoms with Crippen molar-refractivity contribution in [3.8, 4) is 0 Å². The van der Waals surface area contributed by atoms with Crippen molar-refractivity contribution < 1.29 is 28.5 Å². The molecule has 0 amide bonds. The Morgan fingerprint density at radius 1 is 1.00 bits per heavy atom. The van der Waals surface area contributed by atoms with Crippen LogP contribution in [0.5, 0.6) is 0 Å². The van der Waals surface area contributed by atoms with Crippen molar-refractivity contribution in [2.75, 3.05) is 46.3 Å². The number of nitrogens with zero attached hydrogens (tertiary/aromatic N) is 3. The number of likely N-dealkylation sites (N-methyl/N-ethyl adjacent to an activating group) is 1. The monoisotopic (exact) mass is 281 g/mol. The lowest BCUT2D eigenvalue weighted by molar-refractivity contribution is -0.918. The van der Waals surface area contributed by atoms with Crippen molar-refractivity contribution >= 4 is 0 Å². The van der Waals surface area contributed by atoms with Crippen LogP contribution in [-0.2, 0) is 0 Å². The summed E-state index contributed by atoms with van der Waals surface area (Å²) in [6, 6.07) is 0. The third-order valence-electron chi connectivity index (χ3n) is 3.68. The Balaban J connectivity index is 0.000000563. The fraction of sp³-hybridized carbons (Fsp3) is 1.00. The second-order valence-corrected chi connectivity index (χ2v) is 4.34. The molecule has 4 heteroatoms. The molecule has 12 heavy (non-hydrogen) atoms. The minimum atomic E-state index is 0. The maximum atomic E-state index is 2.65. The maximum absolute atomic E-state index is 2.65. The van der Waals surface area contributed by atoms with Gasteiger partial charge < -0.3 is 24.0 Å². The standard InChI is InChI=1S/C8H16N3.HI/c1-11-6-4-9-2-3-10(5-7-11)8(9)11;/h8H,2-7H2,1H3;1H/q+1;/p-1. The maximum Gasteiger partial charge on any atom is 0.205 e. The zero-order valence-corrected chi connectivity index (χ0v) is 9.70. The van der Waals surface area contributed by atoms with E-state index in [9.17, 15) is 0 Å². The Bertz CT molecular complexity index is 181. The van der Waals surface area contributed by atoms with Gasteiger partial charge in [-0.3, -0.25) is 4.48 Å². The summed E-state index contributed by atoms with van der Waals surface area (Å²) in [7, 11) is 2.41. The van der Waals surface area contributed by atoms with Crippen molar-refractivity contribution in [3.63, 3.8) is 0 Å². The van der Waals surface area contributed by atoms with E-state index >= 15 is 0 Å². The zero-order valence-electron chi connectivity index (χ0n) is 7.54. The van der Waals surface area contributed by atoms with Crippen molar-refractivity contribution in [1.82, 2.24) is 9.80 Å². The molecule has 0 bridgehead atoms. The van der Waals surface area contributed by atoms with Gasteiger partial charge in [0.15, 0.2) is 0 Å². The van der Waals surface area contributed by atoms with Crippen molar-refractivity contribution in [2.45, 2.75) is 6.29 Å². The summed E-state index contributed by atoms with van der Waals surface area (Å²) in [6.45, 7) is 8.05. The first-order valence-corrected chi connectivity index (χ1v) is 4.62. The Hall–Kier alpha value is 0.610. The molecule has 3 aliphatic rings. The van der Waals surface area contributed by atoms with Gasteiger partial charge in [-0.15, -0.1) is 0 Å². The first-order chi connectivity index (χ1) is 5.30. The van der Waals surface area contributed by atoms with E-state index < -0.39 is 0 Å². The number of halogens is 1. The van der Waals surface area contributed by atoms with E-state index in [4.69, 9.17) is 0 Å². The number of hydrogen-bond donors (Lipinski definition) is 0. The van der Waals surface area contributed by atoms with Crippen LogP contribution in [0.2, 0.25) is 0 Å². The quantitative estimate of drug-likeness (QED) is 0.334. The third-order valence-corrected chi connectivity index (χ3v) is 3.68. The molecule has 0 unspecified atom stereocenters.